The van der Waals surface area contributed by atoms with E-state index in [1.165, 1.54) is 6.20 Å². The Bertz CT molecular complexity index is 777. The number of nitrogens with zero attached hydrogens (tertiary/aromatic N) is 3. The van der Waals surface area contributed by atoms with Gasteiger partial charge in [0.05, 0.1) is 5.52 Å². The van der Waals surface area contributed by atoms with Crippen LogP contribution in [-0.4, -0.2) is 14.8 Å². The van der Waals surface area contributed by atoms with Crippen LogP contribution in [0.25, 0.3) is 16.7 Å². The van der Waals surface area contributed by atoms with Gasteiger partial charge in [0.25, 0.3) is 0 Å². The van der Waals surface area contributed by atoms with Crippen molar-refractivity contribution in [1.29, 1.82) is 0 Å². The maximum atomic E-state index is 12.5. The molecule has 0 saturated carbocycles. The Balaban J connectivity index is 2.06. The Morgan fingerprint density at radius 3 is 2.55 bits per heavy atom. The van der Waals surface area contributed by atoms with Crippen LogP contribution in [0.1, 0.15) is 5.69 Å². The molecule has 2 aromatic heterocycles. The molecule has 0 radical (unpaired) electrons. The van der Waals surface area contributed by atoms with Crippen LogP contribution >= 0.6 is 0 Å². The summed E-state index contributed by atoms with van der Waals surface area (Å²) in [6.07, 6.45) is -3.23. The summed E-state index contributed by atoms with van der Waals surface area (Å²) in [6, 6.07) is 9.38. The molecule has 0 spiro atoms. The number of benzene rings is 1. The van der Waals surface area contributed by atoms with E-state index in [0.717, 1.165) is 16.1 Å². The van der Waals surface area contributed by atoms with Gasteiger partial charge in [-0.2, -0.15) is 18.3 Å². The monoisotopic (exact) mass is 278 g/mol. The highest BCUT2D eigenvalue weighted by atomic mass is 19.4. The van der Waals surface area contributed by atoms with Gasteiger partial charge in [-0.25, -0.2) is 9.67 Å². The number of pyridine rings is 1. The summed E-state index contributed by atoms with van der Waals surface area (Å²) in [5, 5.41) is 4.30. The van der Waals surface area contributed by atoms with Crippen LogP contribution in [0.3, 0.4) is 0 Å². The first-order valence-corrected chi connectivity index (χ1v) is 5.73. The second kappa shape index (κ2) is 4.22. The summed E-state index contributed by atoms with van der Waals surface area (Å²) < 4.78 is 38.6. The Hall–Kier alpha value is -2.57. The van der Waals surface area contributed by atoms with Gasteiger partial charge >= 0.3 is 6.18 Å². The summed E-state index contributed by atoms with van der Waals surface area (Å²) in [4.78, 5) is 4.26. The molecule has 2 N–H and O–H groups in total. The topological polar surface area (TPSA) is 56.7 Å². The summed E-state index contributed by atoms with van der Waals surface area (Å²) >= 11 is 0. The average molecular weight is 278 g/mol. The Morgan fingerprint density at radius 2 is 1.85 bits per heavy atom. The van der Waals surface area contributed by atoms with Gasteiger partial charge in [-0.1, -0.05) is 0 Å². The van der Waals surface area contributed by atoms with Crippen LogP contribution in [0.4, 0.5) is 18.9 Å². The van der Waals surface area contributed by atoms with E-state index in [-0.39, 0.29) is 0 Å². The molecule has 0 saturated heterocycles. The third-order valence-electron chi connectivity index (χ3n) is 2.81. The van der Waals surface area contributed by atoms with Crippen molar-refractivity contribution < 1.29 is 13.2 Å². The average Bonchev–Trinajstić information content (AvgIpc) is 2.87. The molecule has 0 aliphatic carbocycles. The summed E-state index contributed by atoms with van der Waals surface area (Å²) in [6.45, 7) is 0. The molecule has 3 rings (SSSR count). The molecule has 0 amide bonds. The third-order valence-corrected chi connectivity index (χ3v) is 2.81. The number of hydrogen-bond acceptors (Lipinski definition) is 3. The maximum Gasteiger partial charge on any atom is 0.435 e. The number of alkyl halides is 3. The molecular formula is C13H9F3N4. The number of nitrogens with two attached hydrogens (primary N) is 1. The van der Waals surface area contributed by atoms with E-state index >= 15 is 0 Å². The molecule has 0 aliphatic heterocycles. The highest BCUT2D eigenvalue weighted by Crippen LogP contribution is 2.28. The van der Waals surface area contributed by atoms with E-state index in [4.69, 9.17) is 5.73 Å². The molecule has 3 aromatic rings. The molecule has 7 heteroatoms. The summed E-state index contributed by atoms with van der Waals surface area (Å²) in [5.74, 6) is 0.317. The van der Waals surface area contributed by atoms with Crippen molar-refractivity contribution in [2.45, 2.75) is 6.18 Å². The number of nitrogen functional groups attached to an aromatic ring is 1. The van der Waals surface area contributed by atoms with Gasteiger partial charge in [0.15, 0.2) is 11.5 Å². The molecule has 20 heavy (non-hydrogen) atoms. The number of aromatic nitrogens is 3. The molecule has 2 heterocycles. The fourth-order valence-corrected chi connectivity index (χ4v) is 1.86. The zero-order valence-corrected chi connectivity index (χ0v) is 10.1. The molecule has 102 valence electrons. The maximum absolute atomic E-state index is 12.5. The van der Waals surface area contributed by atoms with Crippen LogP contribution in [0.15, 0.2) is 42.6 Å². The van der Waals surface area contributed by atoms with Crippen molar-refractivity contribution in [1.82, 2.24) is 14.8 Å². The highest BCUT2D eigenvalue weighted by Gasteiger charge is 2.33. The quantitative estimate of drug-likeness (QED) is 0.696. The third kappa shape index (κ3) is 2.18. The van der Waals surface area contributed by atoms with Gasteiger partial charge in [-0.05, 0) is 36.4 Å². The number of hydrogen-bond donors (Lipinski definition) is 1. The number of fused-ring (bicyclic) bond motifs is 1. The van der Waals surface area contributed by atoms with Gasteiger partial charge in [-0.15, -0.1) is 0 Å². The van der Waals surface area contributed by atoms with Crippen molar-refractivity contribution in [3.8, 4) is 5.82 Å². The molecule has 0 unspecified atom stereocenters. The van der Waals surface area contributed by atoms with E-state index in [2.05, 4.69) is 10.1 Å². The smallest absolute Gasteiger partial charge is 0.399 e. The second-order valence-corrected chi connectivity index (χ2v) is 4.26. The standard InChI is InChI=1S/C13H9F3N4/c14-13(15,16)11-5-6-20(19-11)12-4-1-8-7-9(17)2-3-10(8)18-12/h1-7H,17H2. The predicted octanol–water partition coefficient (Wildman–Crippen LogP) is 3.02. The Labute approximate surface area is 111 Å². The van der Waals surface area contributed by atoms with E-state index in [9.17, 15) is 13.2 Å². The van der Waals surface area contributed by atoms with Gasteiger partial charge in [0, 0.05) is 17.3 Å². The van der Waals surface area contributed by atoms with Crippen molar-refractivity contribution in [2.24, 2.45) is 0 Å². The van der Waals surface area contributed by atoms with Crippen molar-refractivity contribution in [2.75, 3.05) is 5.73 Å². The minimum atomic E-state index is -4.46. The van der Waals surface area contributed by atoms with E-state index in [0.29, 0.717) is 17.0 Å². The fourth-order valence-electron chi connectivity index (χ4n) is 1.86. The minimum absolute atomic E-state index is 0.317. The molecule has 4 nitrogen and oxygen atoms in total. The first-order valence-electron chi connectivity index (χ1n) is 5.73. The molecule has 1 aromatic carbocycles. The zero-order valence-electron chi connectivity index (χ0n) is 10.1. The minimum Gasteiger partial charge on any atom is -0.399 e. The van der Waals surface area contributed by atoms with Crippen molar-refractivity contribution in [3.05, 3.63) is 48.3 Å². The summed E-state index contributed by atoms with van der Waals surface area (Å²) in [5.41, 5.74) is 5.95. The molecule has 0 bridgehead atoms. The fraction of sp³-hybridized carbons (Fsp3) is 0.0769. The van der Waals surface area contributed by atoms with Crippen LogP contribution in [0.2, 0.25) is 0 Å². The largest absolute Gasteiger partial charge is 0.435 e. The van der Waals surface area contributed by atoms with Crippen LogP contribution in [-0.2, 0) is 6.18 Å². The lowest BCUT2D eigenvalue weighted by atomic mass is 10.2. The van der Waals surface area contributed by atoms with Crippen LogP contribution in [0, 0.1) is 0 Å². The molecular weight excluding hydrogens is 269 g/mol. The van der Waals surface area contributed by atoms with E-state index in [1.807, 2.05) is 0 Å². The molecule has 0 atom stereocenters. The van der Waals surface area contributed by atoms with Crippen molar-refractivity contribution >= 4 is 16.6 Å². The van der Waals surface area contributed by atoms with E-state index < -0.39 is 11.9 Å². The highest BCUT2D eigenvalue weighted by molar-refractivity contribution is 5.82. The number of halogens is 3. The lowest BCUT2D eigenvalue weighted by Crippen LogP contribution is -2.07. The van der Waals surface area contributed by atoms with Gasteiger partial charge in [-0.3, -0.25) is 0 Å². The van der Waals surface area contributed by atoms with E-state index in [1.54, 1.807) is 30.3 Å². The first-order chi connectivity index (χ1) is 9.43. The van der Waals surface area contributed by atoms with Crippen LogP contribution < -0.4 is 5.73 Å². The number of rotatable bonds is 1. The SMILES string of the molecule is Nc1ccc2nc(-n3ccc(C(F)(F)F)n3)ccc2c1. The van der Waals surface area contributed by atoms with Gasteiger partial charge in [0.1, 0.15) is 0 Å². The Morgan fingerprint density at radius 1 is 1.05 bits per heavy atom. The molecule has 0 aliphatic rings. The number of anilines is 1. The van der Waals surface area contributed by atoms with Gasteiger partial charge < -0.3 is 5.73 Å². The lowest BCUT2D eigenvalue weighted by Gasteiger charge is -2.04. The van der Waals surface area contributed by atoms with Crippen LogP contribution in [0.5, 0.6) is 0 Å². The lowest BCUT2D eigenvalue weighted by molar-refractivity contribution is -0.141. The first kappa shape index (κ1) is 12.5. The Kier molecular flexibility index (Phi) is 2.63. The van der Waals surface area contributed by atoms with Crippen molar-refractivity contribution in [3.63, 3.8) is 0 Å². The predicted molar refractivity (Wildman–Crippen MR) is 68.3 cm³/mol. The normalized spacial score (nSPS) is 11.9. The van der Waals surface area contributed by atoms with Gasteiger partial charge in [0.2, 0.25) is 0 Å². The zero-order chi connectivity index (χ0) is 14.3. The summed E-state index contributed by atoms with van der Waals surface area (Å²) in [7, 11) is 0. The molecule has 0 fully saturated rings. The second-order valence-electron chi connectivity index (χ2n) is 4.26.